The fourth-order valence-corrected chi connectivity index (χ4v) is 3.36. The van der Waals surface area contributed by atoms with Gasteiger partial charge in [-0.3, -0.25) is 14.5 Å². The first kappa shape index (κ1) is 19.0. The van der Waals surface area contributed by atoms with Crippen LogP contribution >= 0.6 is 0 Å². The summed E-state index contributed by atoms with van der Waals surface area (Å²) in [4.78, 5) is 38.5. The van der Waals surface area contributed by atoms with Gasteiger partial charge >= 0.3 is 6.03 Å². The van der Waals surface area contributed by atoms with Crippen LogP contribution in [0, 0.1) is 0 Å². The average molecular weight is 375 g/mol. The Morgan fingerprint density at radius 2 is 2.00 bits per heavy atom. The summed E-state index contributed by atoms with van der Waals surface area (Å²) in [6, 6.07) is 4.54. The van der Waals surface area contributed by atoms with Gasteiger partial charge in [-0.2, -0.15) is 0 Å². The van der Waals surface area contributed by atoms with Gasteiger partial charge in [-0.05, 0) is 38.0 Å². The number of urea groups is 1. The van der Waals surface area contributed by atoms with Crippen LogP contribution in [-0.2, 0) is 15.1 Å². The highest BCUT2D eigenvalue weighted by atomic mass is 16.6. The van der Waals surface area contributed by atoms with Gasteiger partial charge in [0.05, 0.1) is 0 Å². The molecule has 8 heteroatoms. The van der Waals surface area contributed by atoms with Crippen LogP contribution in [0.5, 0.6) is 11.5 Å². The van der Waals surface area contributed by atoms with Gasteiger partial charge in [0.2, 0.25) is 5.91 Å². The number of nitrogens with zero attached hydrogens (tertiary/aromatic N) is 1. The van der Waals surface area contributed by atoms with Crippen LogP contribution in [0.3, 0.4) is 0 Å². The molecule has 2 aliphatic heterocycles. The van der Waals surface area contributed by atoms with Crippen molar-refractivity contribution in [3.63, 3.8) is 0 Å². The number of ether oxygens (including phenoxy) is 2. The molecule has 27 heavy (non-hydrogen) atoms. The number of amides is 4. The molecule has 0 spiro atoms. The lowest BCUT2D eigenvalue weighted by Crippen LogP contribution is -2.45. The molecule has 1 aromatic carbocycles. The molecule has 1 aromatic rings. The van der Waals surface area contributed by atoms with Crippen molar-refractivity contribution in [2.75, 3.05) is 19.8 Å². The molecule has 0 bridgehead atoms. The second-order valence-electron chi connectivity index (χ2n) is 7.06. The zero-order chi connectivity index (χ0) is 19.6. The van der Waals surface area contributed by atoms with Gasteiger partial charge < -0.3 is 20.1 Å². The van der Waals surface area contributed by atoms with Crippen LogP contribution < -0.4 is 20.1 Å². The summed E-state index contributed by atoms with van der Waals surface area (Å²) in [5.74, 6) is 0.312. The number of carbonyl (C=O) groups is 3. The van der Waals surface area contributed by atoms with E-state index in [4.69, 9.17) is 9.47 Å². The minimum Gasteiger partial charge on any atom is -0.486 e. The predicted octanol–water partition coefficient (Wildman–Crippen LogP) is 1.53. The van der Waals surface area contributed by atoms with E-state index in [0.717, 1.165) is 17.7 Å². The number of fused-ring (bicyclic) bond motifs is 1. The number of benzene rings is 1. The maximum atomic E-state index is 12.9. The summed E-state index contributed by atoms with van der Waals surface area (Å²) in [6.45, 7) is 6.13. The highest BCUT2D eigenvalue weighted by Crippen LogP contribution is 2.36. The molecular weight excluding hydrogens is 350 g/mol. The van der Waals surface area contributed by atoms with E-state index in [9.17, 15) is 14.4 Å². The number of rotatable bonds is 6. The number of hydrogen-bond donors (Lipinski definition) is 2. The van der Waals surface area contributed by atoms with E-state index in [1.165, 1.54) is 0 Å². The lowest BCUT2D eigenvalue weighted by molar-refractivity contribution is -0.135. The highest BCUT2D eigenvalue weighted by molar-refractivity contribution is 6.09. The minimum absolute atomic E-state index is 0.00700. The summed E-state index contributed by atoms with van der Waals surface area (Å²) in [5, 5.41) is 5.51. The van der Waals surface area contributed by atoms with Crippen molar-refractivity contribution < 1.29 is 23.9 Å². The van der Waals surface area contributed by atoms with Crippen LogP contribution in [0.25, 0.3) is 0 Å². The van der Waals surface area contributed by atoms with Gasteiger partial charge in [0.15, 0.2) is 11.5 Å². The molecule has 146 valence electrons. The van der Waals surface area contributed by atoms with Crippen LogP contribution in [0.2, 0.25) is 0 Å². The van der Waals surface area contributed by atoms with Gasteiger partial charge in [0, 0.05) is 6.04 Å². The summed E-state index contributed by atoms with van der Waals surface area (Å²) in [5.41, 5.74) is -0.685. The van der Waals surface area contributed by atoms with E-state index < -0.39 is 17.5 Å². The Labute approximate surface area is 158 Å². The van der Waals surface area contributed by atoms with Crippen molar-refractivity contribution in [3.8, 4) is 11.5 Å². The fourth-order valence-electron chi connectivity index (χ4n) is 3.36. The minimum atomic E-state index is -1.26. The summed E-state index contributed by atoms with van der Waals surface area (Å²) >= 11 is 0. The first-order valence-electron chi connectivity index (χ1n) is 9.18. The highest BCUT2D eigenvalue weighted by Gasteiger charge is 2.49. The Balaban J connectivity index is 1.75. The van der Waals surface area contributed by atoms with Gasteiger partial charge in [0.1, 0.15) is 25.3 Å². The van der Waals surface area contributed by atoms with Gasteiger partial charge in [-0.1, -0.05) is 19.4 Å². The molecule has 0 saturated carbocycles. The zero-order valence-corrected chi connectivity index (χ0v) is 15.8. The molecular formula is C19H25N3O5. The van der Waals surface area contributed by atoms with E-state index in [-0.39, 0.29) is 18.5 Å². The largest absolute Gasteiger partial charge is 0.486 e. The second-order valence-corrected chi connectivity index (χ2v) is 7.06. The third kappa shape index (κ3) is 3.70. The Morgan fingerprint density at radius 3 is 2.70 bits per heavy atom. The lowest BCUT2D eigenvalue weighted by Gasteiger charge is -2.25. The van der Waals surface area contributed by atoms with Crippen LogP contribution in [-0.4, -0.2) is 48.5 Å². The maximum Gasteiger partial charge on any atom is 0.325 e. The molecule has 8 nitrogen and oxygen atoms in total. The van der Waals surface area contributed by atoms with Crippen molar-refractivity contribution in [2.24, 2.45) is 0 Å². The van der Waals surface area contributed by atoms with Crippen LogP contribution in [0.15, 0.2) is 18.2 Å². The normalized spacial score (nSPS) is 22.4. The third-order valence-electron chi connectivity index (χ3n) is 4.83. The van der Waals surface area contributed by atoms with Crippen molar-refractivity contribution >= 4 is 17.8 Å². The quantitative estimate of drug-likeness (QED) is 0.735. The fraction of sp³-hybridized carbons (Fsp3) is 0.526. The molecule has 0 aliphatic carbocycles. The molecule has 1 fully saturated rings. The Hall–Kier alpha value is -2.77. The lowest BCUT2D eigenvalue weighted by atomic mass is 9.91. The first-order chi connectivity index (χ1) is 12.8. The molecule has 0 aromatic heterocycles. The Kier molecular flexibility index (Phi) is 5.25. The third-order valence-corrected chi connectivity index (χ3v) is 4.83. The molecule has 2 heterocycles. The van der Waals surface area contributed by atoms with Crippen LogP contribution in [0.1, 0.15) is 39.2 Å². The molecule has 2 N–H and O–H groups in total. The Bertz CT molecular complexity index is 766. The van der Waals surface area contributed by atoms with Crippen molar-refractivity contribution in [2.45, 2.75) is 45.2 Å². The molecule has 4 amide bonds. The summed E-state index contributed by atoms with van der Waals surface area (Å²) < 4.78 is 11.1. The molecule has 0 radical (unpaired) electrons. The van der Waals surface area contributed by atoms with E-state index >= 15 is 0 Å². The first-order valence-corrected chi connectivity index (χ1v) is 9.18. The monoisotopic (exact) mass is 375 g/mol. The van der Waals surface area contributed by atoms with E-state index in [1.807, 2.05) is 13.8 Å². The summed E-state index contributed by atoms with van der Waals surface area (Å²) in [7, 11) is 0. The van der Waals surface area contributed by atoms with Gasteiger partial charge in [-0.25, -0.2) is 4.79 Å². The average Bonchev–Trinajstić information content (AvgIpc) is 2.85. The molecule has 1 saturated heterocycles. The molecule has 3 rings (SSSR count). The van der Waals surface area contributed by atoms with Gasteiger partial charge in [-0.15, -0.1) is 0 Å². The van der Waals surface area contributed by atoms with Crippen molar-refractivity contribution in [1.82, 2.24) is 15.5 Å². The molecule has 2 aliphatic rings. The maximum absolute atomic E-state index is 12.9. The number of carbonyl (C=O) groups excluding carboxylic acids is 3. The van der Waals surface area contributed by atoms with E-state index in [0.29, 0.717) is 30.3 Å². The van der Waals surface area contributed by atoms with E-state index in [1.54, 1.807) is 25.1 Å². The second kappa shape index (κ2) is 7.46. The SMILES string of the molecule is CCC[C@H](C)NC(=O)CN1C(=O)N[C@@](C)(c2ccc3c(c2)OCCO3)C1=O. The topological polar surface area (TPSA) is 97.0 Å². The number of imide groups is 1. The predicted molar refractivity (Wildman–Crippen MR) is 97.5 cm³/mol. The van der Waals surface area contributed by atoms with Crippen molar-refractivity contribution in [1.29, 1.82) is 0 Å². The number of nitrogens with one attached hydrogen (secondary N) is 2. The Morgan fingerprint density at radius 1 is 1.30 bits per heavy atom. The summed E-state index contributed by atoms with van der Waals surface area (Å²) in [6.07, 6.45) is 1.77. The molecule has 0 unspecified atom stereocenters. The standard InChI is InChI=1S/C19H25N3O5/c1-4-5-12(2)20-16(23)11-22-17(24)19(3,21-18(22)25)13-6-7-14-15(10-13)27-9-8-26-14/h6-7,10,12H,4-5,8-9,11H2,1-3H3,(H,20,23)(H,21,25)/t12-,19-/m0/s1. The molecule has 2 atom stereocenters. The zero-order valence-electron chi connectivity index (χ0n) is 15.8. The van der Waals surface area contributed by atoms with Crippen molar-refractivity contribution in [3.05, 3.63) is 23.8 Å². The number of hydrogen-bond acceptors (Lipinski definition) is 5. The van der Waals surface area contributed by atoms with Crippen LogP contribution in [0.4, 0.5) is 4.79 Å². The smallest absolute Gasteiger partial charge is 0.325 e. The van der Waals surface area contributed by atoms with Gasteiger partial charge in [0.25, 0.3) is 5.91 Å². The van der Waals surface area contributed by atoms with E-state index in [2.05, 4.69) is 10.6 Å².